The van der Waals surface area contributed by atoms with Gasteiger partial charge in [-0.2, -0.15) is 9.40 Å². The molecule has 24 heavy (non-hydrogen) atoms. The maximum atomic E-state index is 13.2. The molecule has 1 atom stereocenters. The molecular weight excluding hydrogens is 346 g/mol. The summed E-state index contributed by atoms with van der Waals surface area (Å²) in [6.45, 7) is 4.09. The molecule has 0 saturated carbocycles. The fraction of sp³-hybridized carbons (Fsp3) is 0.471. The van der Waals surface area contributed by atoms with E-state index < -0.39 is 10.0 Å². The topological polar surface area (TPSA) is 55.2 Å². The van der Waals surface area contributed by atoms with Gasteiger partial charge in [0, 0.05) is 24.7 Å². The van der Waals surface area contributed by atoms with E-state index in [1.807, 2.05) is 24.3 Å². The Kier molecular flexibility index (Phi) is 4.73. The first-order valence-corrected chi connectivity index (χ1v) is 9.89. The van der Waals surface area contributed by atoms with Crippen molar-refractivity contribution in [1.82, 2.24) is 14.1 Å². The average Bonchev–Trinajstić information content (AvgIpc) is 3.07. The van der Waals surface area contributed by atoms with Gasteiger partial charge in [0.2, 0.25) is 10.0 Å². The van der Waals surface area contributed by atoms with Gasteiger partial charge in [-0.3, -0.25) is 4.68 Å². The summed E-state index contributed by atoms with van der Waals surface area (Å²) < 4.78 is 29.7. The lowest BCUT2D eigenvalue weighted by Crippen LogP contribution is -2.37. The molecule has 0 amide bonds. The Morgan fingerprint density at radius 1 is 1.29 bits per heavy atom. The number of sulfonamides is 1. The van der Waals surface area contributed by atoms with Gasteiger partial charge in [-0.25, -0.2) is 8.42 Å². The van der Waals surface area contributed by atoms with Crippen molar-refractivity contribution in [2.75, 3.05) is 6.54 Å². The summed E-state index contributed by atoms with van der Waals surface area (Å²) in [6, 6.07) is 7.57. The molecule has 0 radical (unpaired) electrons. The van der Waals surface area contributed by atoms with Gasteiger partial charge in [-0.05, 0) is 44.7 Å². The number of hydrogen-bond acceptors (Lipinski definition) is 3. The second-order valence-corrected chi connectivity index (χ2v) is 8.57. The second-order valence-electron chi connectivity index (χ2n) is 6.33. The van der Waals surface area contributed by atoms with Crippen LogP contribution in [-0.4, -0.2) is 35.1 Å². The van der Waals surface area contributed by atoms with Gasteiger partial charge in [0.05, 0.1) is 11.4 Å². The fourth-order valence-corrected chi connectivity index (χ4v) is 5.80. The van der Waals surface area contributed by atoms with E-state index in [0.29, 0.717) is 34.3 Å². The zero-order chi connectivity index (χ0) is 17.5. The SMILES string of the molecule is Cc1nn(C)c(C)c1S(=O)(=O)N1CCCC1Cc1ccccc1Cl. The van der Waals surface area contributed by atoms with Crippen LogP contribution in [-0.2, 0) is 23.5 Å². The molecule has 1 unspecified atom stereocenters. The first kappa shape index (κ1) is 17.5. The minimum Gasteiger partial charge on any atom is -0.271 e. The van der Waals surface area contributed by atoms with E-state index in [0.717, 1.165) is 18.4 Å². The van der Waals surface area contributed by atoms with Crippen molar-refractivity contribution in [3.05, 3.63) is 46.2 Å². The van der Waals surface area contributed by atoms with Gasteiger partial charge in [-0.15, -0.1) is 0 Å². The van der Waals surface area contributed by atoms with Crippen LogP contribution in [0.5, 0.6) is 0 Å². The first-order valence-electron chi connectivity index (χ1n) is 8.08. The van der Waals surface area contributed by atoms with Gasteiger partial charge < -0.3 is 0 Å². The zero-order valence-electron chi connectivity index (χ0n) is 14.2. The van der Waals surface area contributed by atoms with Crippen molar-refractivity contribution in [3.63, 3.8) is 0 Å². The Morgan fingerprint density at radius 3 is 2.62 bits per heavy atom. The Morgan fingerprint density at radius 2 is 2.00 bits per heavy atom. The van der Waals surface area contributed by atoms with Crippen LogP contribution >= 0.6 is 11.6 Å². The molecule has 1 saturated heterocycles. The van der Waals surface area contributed by atoms with Crippen molar-refractivity contribution in [3.8, 4) is 0 Å². The summed E-state index contributed by atoms with van der Waals surface area (Å²) >= 11 is 6.25. The first-order chi connectivity index (χ1) is 11.3. The van der Waals surface area contributed by atoms with Crippen LogP contribution in [0.2, 0.25) is 5.02 Å². The molecule has 1 aromatic heterocycles. The molecule has 2 aromatic rings. The van der Waals surface area contributed by atoms with Crippen LogP contribution in [0, 0.1) is 13.8 Å². The number of benzene rings is 1. The van der Waals surface area contributed by atoms with E-state index in [2.05, 4.69) is 5.10 Å². The van der Waals surface area contributed by atoms with E-state index in [-0.39, 0.29) is 6.04 Å². The van der Waals surface area contributed by atoms with Crippen molar-refractivity contribution in [2.45, 2.75) is 44.0 Å². The van der Waals surface area contributed by atoms with Crippen LogP contribution in [0.3, 0.4) is 0 Å². The molecule has 1 fully saturated rings. The highest BCUT2D eigenvalue weighted by Gasteiger charge is 2.38. The zero-order valence-corrected chi connectivity index (χ0v) is 15.7. The van der Waals surface area contributed by atoms with Crippen LogP contribution < -0.4 is 0 Å². The van der Waals surface area contributed by atoms with E-state index in [1.54, 1.807) is 29.9 Å². The summed E-state index contributed by atoms with van der Waals surface area (Å²) in [6.07, 6.45) is 2.35. The molecule has 2 heterocycles. The highest BCUT2D eigenvalue weighted by Crippen LogP contribution is 2.32. The molecule has 0 N–H and O–H groups in total. The summed E-state index contributed by atoms with van der Waals surface area (Å²) in [5, 5.41) is 4.95. The van der Waals surface area contributed by atoms with Crippen molar-refractivity contribution < 1.29 is 8.42 Å². The second kappa shape index (κ2) is 6.50. The average molecular weight is 368 g/mol. The number of halogens is 1. The van der Waals surface area contributed by atoms with Crippen LogP contribution in [0.1, 0.15) is 29.8 Å². The quantitative estimate of drug-likeness (QED) is 0.834. The Bertz CT molecular complexity index is 861. The lowest BCUT2D eigenvalue weighted by molar-refractivity contribution is 0.385. The third-order valence-corrected chi connectivity index (χ3v) is 7.32. The van der Waals surface area contributed by atoms with Crippen molar-refractivity contribution in [2.24, 2.45) is 7.05 Å². The maximum absolute atomic E-state index is 13.2. The fourth-order valence-electron chi connectivity index (χ4n) is 3.49. The molecule has 3 rings (SSSR count). The third kappa shape index (κ3) is 2.98. The molecule has 7 heteroatoms. The maximum Gasteiger partial charge on any atom is 0.247 e. The Hall–Kier alpha value is -1.37. The lowest BCUT2D eigenvalue weighted by atomic mass is 10.0. The number of rotatable bonds is 4. The standard InChI is InChI=1S/C17H22ClN3O2S/c1-12-17(13(2)20(3)19-12)24(22,23)21-10-6-8-15(21)11-14-7-4-5-9-16(14)18/h4-5,7,9,15H,6,8,10-11H2,1-3H3. The van der Waals surface area contributed by atoms with E-state index in [9.17, 15) is 8.42 Å². The smallest absolute Gasteiger partial charge is 0.247 e. The number of aryl methyl sites for hydroxylation is 2. The van der Waals surface area contributed by atoms with Crippen LogP contribution in [0.4, 0.5) is 0 Å². The minimum absolute atomic E-state index is 0.0612. The van der Waals surface area contributed by atoms with Gasteiger partial charge in [0.25, 0.3) is 0 Å². The molecule has 0 aliphatic carbocycles. The van der Waals surface area contributed by atoms with Gasteiger partial charge in [-0.1, -0.05) is 29.8 Å². The Labute approximate surface area is 148 Å². The highest BCUT2D eigenvalue weighted by molar-refractivity contribution is 7.89. The summed E-state index contributed by atoms with van der Waals surface area (Å²) in [5.74, 6) is 0. The molecular formula is C17H22ClN3O2S. The highest BCUT2D eigenvalue weighted by atomic mass is 35.5. The van der Waals surface area contributed by atoms with E-state index in [4.69, 9.17) is 11.6 Å². The van der Waals surface area contributed by atoms with E-state index >= 15 is 0 Å². The predicted molar refractivity (Wildman–Crippen MR) is 94.8 cm³/mol. The van der Waals surface area contributed by atoms with Gasteiger partial charge >= 0.3 is 0 Å². The minimum atomic E-state index is -3.55. The van der Waals surface area contributed by atoms with Crippen LogP contribution in [0.15, 0.2) is 29.2 Å². The largest absolute Gasteiger partial charge is 0.271 e. The Balaban J connectivity index is 1.94. The van der Waals surface area contributed by atoms with Crippen LogP contribution in [0.25, 0.3) is 0 Å². The summed E-state index contributed by atoms with van der Waals surface area (Å²) in [4.78, 5) is 0.344. The molecule has 130 valence electrons. The lowest BCUT2D eigenvalue weighted by Gasteiger charge is -2.24. The van der Waals surface area contributed by atoms with Gasteiger partial charge in [0.1, 0.15) is 4.90 Å². The van der Waals surface area contributed by atoms with Crippen molar-refractivity contribution in [1.29, 1.82) is 0 Å². The number of hydrogen-bond donors (Lipinski definition) is 0. The summed E-state index contributed by atoms with van der Waals surface area (Å²) in [7, 11) is -1.78. The molecule has 1 aliphatic rings. The predicted octanol–water partition coefficient (Wildman–Crippen LogP) is 3.09. The third-order valence-electron chi connectivity index (χ3n) is 4.75. The molecule has 5 nitrogen and oxygen atoms in total. The van der Waals surface area contributed by atoms with E-state index in [1.165, 1.54) is 0 Å². The normalized spacial score (nSPS) is 19.1. The van der Waals surface area contributed by atoms with Crippen molar-refractivity contribution >= 4 is 21.6 Å². The molecule has 1 aromatic carbocycles. The molecule has 1 aliphatic heterocycles. The summed E-state index contributed by atoms with van der Waals surface area (Å²) in [5.41, 5.74) is 2.22. The monoisotopic (exact) mass is 367 g/mol. The number of nitrogens with zero attached hydrogens (tertiary/aromatic N) is 3. The number of aromatic nitrogens is 2. The molecule has 0 spiro atoms. The molecule has 0 bridgehead atoms. The van der Waals surface area contributed by atoms with Gasteiger partial charge in [0.15, 0.2) is 0 Å².